The van der Waals surface area contributed by atoms with Gasteiger partial charge in [-0.05, 0) is 55.2 Å². The zero-order valence-electron chi connectivity index (χ0n) is 15.4. The molecule has 0 saturated heterocycles. The van der Waals surface area contributed by atoms with Crippen LogP contribution in [0, 0.1) is 5.41 Å². The summed E-state index contributed by atoms with van der Waals surface area (Å²) in [4.78, 5) is 4.32. The van der Waals surface area contributed by atoms with E-state index in [1.54, 1.807) is 19.2 Å². The first kappa shape index (κ1) is 22.0. The maximum Gasteiger partial charge on any atom is 0.190 e. The minimum Gasteiger partial charge on any atom is -0.508 e. The number of phenolic OH excluding ortho intramolecular Hbond substituents is 1. The highest BCUT2D eigenvalue weighted by Crippen LogP contribution is 2.43. The van der Waals surface area contributed by atoms with Gasteiger partial charge in [0, 0.05) is 33.9 Å². The summed E-state index contributed by atoms with van der Waals surface area (Å²) in [5.41, 5.74) is 1.63. The maximum absolute atomic E-state index is 9.29. The topological polar surface area (TPSA) is 65.9 Å². The number of nitrogens with zero attached hydrogens (tertiary/aromatic N) is 1. The van der Waals surface area contributed by atoms with Gasteiger partial charge < -0.3 is 20.5 Å². The summed E-state index contributed by atoms with van der Waals surface area (Å²) in [7, 11) is 3.59. The van der Waals surface area contributed by atoms with Crippen molar-refractivity contribution in [3.8, 4) is 5.75 Å². The van der Waals surface area contributed by atoms with E-state index in [4.69, 9.17) is 4.74 Å². The molecule has 0 aliphatic heterocycles. The summed E-state index contributed by atoms with van der Waals surface area (Å²) < 4.78 is 5.25. The highest BCUT2D eigenvalue weighted by molar-refractivity contribution is 14.0. The third kappa shape index (κ3) is 7.40. The summed E-state index contributed by atoms with van der Waals surface area (Å²) in [5.74, 6) is 1.20. The third-order valence-electron chi connectivity index (χ3n) is 4.98. The van der Waals surface area contributed by atoms with E-state index in [0.29, 0.717) is 11.2 Å². The van der Waals surface area contributed by atoms with Crippen LogP contribution in [-0.4, -0.2) is 44.9 Å². The van der Waals surface area contributed by atoms with Crippen molar-refractivity contribution < 1.29 is 9.84 Å². The van der Waals surface area contributed by atoms with Crippen molar-refractivity contribution in [3.63, 3.8) is 0 Å². The lowest BCUT2D eigenvalue weighted by molar-refractivity contribution is 0.0732. The van der Waals surface area contributed by atoms with Gasteiger partial charge in [-0.15, -0.1) is 24.0 Å². The zero-order valence-corrected chi connectivity index (χ0v) is 17.7. The monoisotopic (exact) mass is 461 g/mol. The van der Waals surface area contributed by atoms with Gasteiger partial charge in [-0.3, -0.25) is 4.99 Å². The number of hydrogen-bond donors (Lipinski definition) is 3. The van der Waals surface area contributed by atoms with Crippen LogP contribution in [-0.2, 0) is 11.2 Å². The van der Waals surface area contributed by atoms with Crippen molar-refractivity contribution in [1.82, 2.24) is 10.6 Å². The lowest BCUT2D eigenvalue weighted by Gasteiger charge is -2.42. The van der Waals surface area contributed by atoms with Crippen LogP contribution in [0.1, 0.15) is 37.7 Å². The Morgan fingerprint density at radius 3 is 2.52 bits per heavy atom. The maximum atomic E-state index is 9.29. The number of methoxy groups -OCH3 is 1. The summed E-state index contributed by atoms with van der Waals surface area (Å²) in [6.07, 6.45) is 7.02. The molecule has 6 heteroatoms. The molecule has 0 aromatic heterocycles. The number of guanidine groups is 1. The summed E-state index contributed by atoms with van der Waals surface area (Å²) in [5, 5.41) is 16.2. The second-order valence-corrected chi connectivity index (χ2v) is 6.72. The van der Waals surface area contributed by atoms with Crippen LogP contribution in [0.4, 0.5) is 0 Å². The molecular formula is C19H32IN3O2. The number of ether oxygens (including phenoxy) is 1. The van der Waals surface area contributed by atoms with E-state index in [0.717, 1.165) is 44.9 Å². The minimum atomic E-state index is 0. The van der Waals surface area contributed by atoms with Gasteiger partial charge in [-0.25, -0.2) is 0 Å². The molecule has 0 heterocycles. The highest BCUT2D eigenvalue weighted by Gasteiger charge is 2.36. The van der Waals surface area contributed by atoms with E-state index in [1.165, 1.54) is 24.8 Å². The van der Waals surface area contributed by atoms with Gasteiger partial charge in [0.15, 0.2) is 5.96 Å². The Balaban J connectivity index is 0.00000312. The summed E-state index contributed by atoms with van der Waals surface area (Å²) >= 11 is 0. The second-order valence-electron chi connectivity index (χ2n) is 6.72. The van der Waals surface area contributed by atoms with Crippen molar-refractivity contribution in [2.24, 2.45) is 10.4 Å². The Morgan fingerprint density at radius 1 is 1.24 bits per heavy atom. The number of hydrogen-bond acceptors (Lipinski definition) is 3. The van der Waals surface area contributed by atoms with Crippen molar-refractivity contribution in [3.05, 3.63) is 29.8 Å². The first-order valence-electron chi connectivity index (χ1n) is 8.89. The number of nitrogens with one attached hydrogen (secondary N) is 2. The molecule has 1 saturated carbocycles. The van der Waals surface area contributed by atoms with E-state index < -0.39 is 0 Å². The largest absolute Gasteiger partial charge is 0.508 e. The Hall–Kier alpha value is -1.02. The lowest BCUT2D eigenvalue weighted by atomic mass is 9.67. The quantitative estimate of drug-likeness (QED) is 0.229. The molecule has 0 radical (unpaired) electrons. The van der Waals surface area contributed by atoms with Gasteiger partial charge in [-0.2, -0.15) is 0 Å². The van der Waals surface area contributed by atoms with Gasteiger partial charge in [0.1, 0.15) is 5.75 Å². The molecule has 1 aliphatic rings. The minimum absolute atomic E-state index is 0. The average Bonchev–Trinajstić information content (AvgIpc) is 2.57. The number of aromatic hydroxyl groups is 1. The number of aliphatic imine (C=N–C) groups is 1. The van der Waals surface area contributed by atoms with E-state index >= 15 is 0 Å². The highest BCUT2D eigenvalue weighted by atomic mass is 127. The van der Waals surface area contributed by atoms with Crippen molar-refractivity contribution in [1.29, 1.82) is 0 Å². The smallest absolute Gasteiger partial charge is 0.190 e. The van der Waals surface area contributed by atoms with Crippen LogP contribution in [0.15, 0.2) is 29.3 Å². The van der Waals surface area contributed by atoms with Crippen LogP contribution in [0.3, 0.4) is 0 Å². The molecule has 1 aliphatic carbocycles. The SMILES string of the molecule is CN=C(NCCCc1ccc(O)cc1)NCC1(CCOC)CCC1.I. The van der Waals surface area contributed by atoms with Gasteiger partial charge in [-0.1, -0.05) is 18.6 Å². The van der Waals surface area contributed by atoms with E-state index in [1.807, 2.05) is 19.2 Å². The Labute approximate surface area is 168 Å². The van der Waals surface area contributed by atoms with Crippen molar-refractivity contribution in [2.45, 2.75) is 38.5 Å². The molecule has 2 rings (SSSR count). The number of aryl methyl sites for hydroxylation is 1. The number of phenols is 1. The van der Waals surface area contributed by atoms with E-state index in [2.05, 4.69) is 15.6 Å². The number of benzene rings is 1. The predicted molar refractivity (Wildman–Crippen MR) is 114 cm³/mol. The molecule has 1 aromatic carbocycles. The van der Waals surface area contributed by atoms with E-state index in [-0.39, 0.29) is 24.0 Å². The average molecular weight is 461 g/mol. The fourth-order valence-corrected chi connectivity index (χ4v) is 3.16. The molecule has 1 aromatic rings. The fraction of sp³-hybridized carbons (Fsp3) is 0.632. The molecule has 1 fully saturated rings. The molecule has 142 valence electrons. The van der Waals surface area contributed by atoms with Gasteiger partial charge >= 0.3 is 0 Å². The molecule has 25 heavy (non-hydrogen) atoms. The number of halogens is 1. The van der Waals surface area contributed by atoms with E-state index in [9.17, 15) is 5.11 Å². The summed E-state index contributed by atoms with van der Waals surface area (Å²) in [6, 6.07) is 7.42. The van der Waals surface area contributed by atoms with Gasteiger partial charge in [0.2, 0.25) is 0 Å². The number of rotatable bonds is 9. The standard InChI is InChI=1S/C19H31N3O2.HI/c1-20-18(22-15-19(10-4-11-19)12-14-24-2)21-13-3-5-16-6-8-17(23)9-7-16;/h6-9,23H,3-5,10-15H2,1-2H3,(H2,20,21,22);1H. The molecule has 0 unspecified atom stereocenters. The molecule has 0 amide bonds. The Bertz CT molecular complexity index is 516. The van der Waals surface area contributed by atoms with Gasteiger partial charge in [0.25, 0.3) is 0 Å². The molecule has 0 spiro atoms. The first-order valence-corrected chi connectivity index (χ1v) is 8.89. The Morgan fingerprint density at radius 2 is 1.96 bits per heavy atom. The van der Waals surface area contributed by atoms with Crippen molar-refractivity contribution in [2.75, 3.05) is 33.9 Å². The predicted octanol–water partition coefficient (Wildman–Crippen LogP) is 3.31. The molecule has 0 atom stereocenters. The van der Waals surface area contributed by atoms with Crippen LogP contribution >= 0.6 is 24.0 Å². The van der Waals surface area contributed by atoms with Crippen LogP contribution in [0.25, 0.3) is 0 Å². The molecule has 3 N–H and O–H groups in total. The second kappa shape index (κ2) is 11.6. The summed E-state index contributed by atoms with van der Waals surface area (Å²) in [6.45, 7) is 2.68. The van der Waals surface area contributed by atoms with Crippen molar-refractivity contribution >= 4 is 29.9 Å². The first-order chi connectivity index (χ1) is 11.7. The lowest BCUT2D eigenvalue weighted by Crippen LogP contribution is -2.47. The van der Waals surface area contributed by atoms with Crippen LogP contribution in [0.5, 0.6) is 5.75 Å². The third-order valence-corrected chi connectivity index (χ3v) is 4.98. The van der Waals surface area contributed by atoms with Crippen LogP contribution < -0.4 is 10.6 Å². The zero-order chi connectivity index (χ0) is 17.3. The van der Waals surface area contributed by atoms with Gasteiger partial charge in [0.05, 0.1) is 0 Å². The molecule has 0 bridgehead atoms. The Kier molecular flexibility index (Phi) is 10.2. The normalized spacial score (nSPS) is 15.8. The van der Waals surface area contributed by atoms with Crippen LogP contribution in [0.2, 0.25) is 0 Å². The fourth-order valence-electron chi connectivity index (χ4n) is 3.16. The molecule has 5 nitrogen and oxygen atoms in total. The molecular weight excluding hydrogens is 429 g/mol.